The Balaban J connectivity index is 1.40. The number of nitriles is 1. The fourth-order valence-electron chi connectivity index (χ4n) is 5.11. The zero-order chi connectivity index (χ0) is 23.4. The molecule has 0 saturated carbocycles. The standard InChI is InChI=1S/C26H25N7O/c1-30(2)24-14-31(15-25(24)34)21-7-8-22-20(9-21)13-32-12-19(18-5-3-17(11-27)4-6-18)10-23(32)26-29-28-16-33(22)26/h3-10,12,16,24-25,34H,13-15H2,1-2H3/t24-,25-/m1/s1. The summed E-state index contributed by atoms with van der Waals surface area (Å²) < 4.78 is 4.26. The number of aliphatic hydroxyl groups is 1. The van der Waals surface area contributed by atoms with Crippen molar-refractivity contribution in [2.45, 2.75) is 18.7 Å². The normalized spacial score (nSPS) is 18.9. The van der Waals surface area contributed by atoms with Gasteiger partial charge in [0.25, 0.3) is 0 Å². The van der Waals surface area contributed by atoms with E-state index in [0.29, 0.717) is 18.7 Å². The average molecular weight is 452 g/mol. The van der Waals surface area contributed by atoms with Crippen LogP contribution in [0.1, 0.15) is 11.1 Å². The van der Waals surface area contributed by atoms with Crippen molar-refractivity contribution in [2.75, 3.05) is 32.1 Å². The summed E-state index contributed by atoms with van der Waals surface area (Å²) >= 11 is 0. The fourth-order valence-corrected chi connectivity index (χ4v) is 5.11. The van der Waals surface area contributed by atoms with Gasteiger partial charge in [0.15, 0.2) is 5.82 Å². The van der Waals surface area contributed by atoms with Gasteiger partial charge in [-0.1, -0.05) is 12.1 Å². The van der Waals surface area contributed by atoms with Gasteiger partial charge in [-0.25, -0.2) is 0 Å². The number of nitrogens with zero attached hydrogens (tertiary/aromatic N) is 7. The predicted octanol–water partition coefficient (Wildman–Crippen LogP) is 2.75. The van der Waals surface area contributed by atoms with Gasteiger partial charge in [-0.2, -0.15) is 5.26 Å². The number of β-amino-alcohol motifs (C(OH)–C–C–N with tert-alkyl or cyclic N) is 1. The van der Waals surface area contributed by atoms with Gasteiger partial charge in [0.1, 0.15) is 6.33 Å². The number of benzene rings is 2. The second kappa shape index (κ2) is 7.83. The molecule has 0 spiro atoms. The minimum atomic E-state index is -0.371. The molecule has 1 N–H and O–H groups in total. The molecular formula is C26H25N7O. The smallest absolute Gasteiger partial charge is 0.185 e. The van der Waals surface area contributed by atoms with E-state index in [-0.39, 0.29) is 12.1 Å². The number of likely N-dealkylation sites (N-methyl/N-ethyl adjacent to an activating group) is 1. The third-order valence-corrected chi connectivity index (χ3v) is 6.97. The number of aliphatic hydroxyl groups excluding tert-OH is 1. The van der Waals surface area contributed by atoms with E-state index < -0.39 is 0 Å². The Morgan fingerprint density at radius 2 is 1.88 bits per heavy atom. The lowest BCUT2D eigenvalue weighted by molar-refractivity contribution is 0.114. The van der Waals surface area contributed by atoms with Gasteiger partial charge in [-0.05, 0) is 61.6 Å². The molecule has 0 amide bonds. The van der Waals surface area contributed by atoms with Crippen LogP contribution in [0.3, 0.4) is 0 Å². The molecule has 2 atom stereocenters. The monoisotopic (exact) mass is 451 g/mol. The van der Waals surface area contributed by atoms with E-state index in [9.17, 15) is 5.11 Å². The number of aromatic nitrogens is 4. The van der Waals surface area contributed by atoms with Crippen LogP contribution in [0.25, 0.3) is 28.3 Å². The highest BCUT2D eigenvalue weighted by atomic mass is 16.3. The molecule has 4 heterocycles. The van der Waals surface area contributed by atoms with Gasteiger partial charge in [0.2, 0.25) is 0 Å². The van der Waals surface area contributed by atoms with Crippen molar-refractivity contribution in [1.82, 2.24) is 24.2 Å². The van der Waals surface area contributed by atoms with Crippen LogP contribution in [0.2, 0.25) is 0 Å². The summed E-state index contributed by atoms with van der Waals surface area (Å²) in [7, 11) is 4.03. The van der Waals surface area contributed by atoms with E-state index in [1.807, 2.05) is 42.9 Å². The molecule has 34 heavy (non-hydrogen) atoms. The summed E-state index contributed by atoms with van der Waals surface area (Å²) in [4.78, 5) is 4.35. The van der Waals surface area contributed by atoms with Crippen LogP contribution in [0.4, 0.5) is 5.69 Å². The SMILES string of the molecule is CN(C)[C@@H]1CN(c2ccc3c(c2)Cn2cc(-c4ccc(C#N)cc4)cc2-c2nncn2-3)C[C@H]1O. The van der Waals surface area contributed by atoms with E-state index >= 15 is 0 Å². The molecule has 0 bridgehead atoms. The van der Waals surface area contributed by atoms with Crippen LogP contribution >= 0.6 is 0 Å². The number of rotatable bonds is 3. The largest absolute Gasteiger partial charge is 0.390 e. The van der Waals surface area contributed by atoms with Gasteiger partial charge >= 0.3 is 0 Å². The molecule has 170 valence electrons. The van der Waals surface area contributed by atoms with Crippen LogP contribution in [0, 0.1) is 11.3 Å². The Labute approximate surface area is 197 Å². The third kappa shape index (κ3) is 3.29. The zero-order valence-electron chi connectivity index (χ0n) is 19.1. The maximum atomic E-state index is 10.5. The van der Waals surface area contributed by atoms with E-state index in [1.165, 1.54) is 5.56 Å². The maximum absolute atomic E-state index is 10.5. The molecule has 0 radical (unpaired) electrons. The van der Waals surface area contributed by atoms with Gasteiger partial charge in [-0.3, -0.25) is 4.57 Å². The summed E-state index contributed by atoms with van der Waals surface area (Å²) in [6.07, 6.45) is 3.53. The second-order valence-electron chi connectivity index (χ2n) is 9.27. The minimum Gasteiger partial charge on any atom is -0.390 e. The van der Waals surface area contributed by atoms with Gasteiger partial charge in [-0.15, -0.1) is 10.2 Å². The number of fused-ring (bicyclic) bond motifs is 5. The predicted molar refractivity (Wildman–Crippen MR) is 130 cm³/mol. The van der Waals surface area contributed by atoms with Crippen LogP contribution in [-0.4, -0.2) is 68.7 Å². The molecule has 1 fully saturated rings. The van der Waals surface area contributed by atoms with Crippen molar-refractivity contribution in [3.05, 3.63) is 72.2 Å². The molecule has 4 aromatic rings. The quantitative estimate of drug-likeness (QED) is 0.454. The highest BCUT2D eigenvalue weighted by Gasteiger charge is 2.33. The van der Waals surface area contributed by atoms with E-state index in [4.69, 9.17) is 5.26 Å². The Morgan fingerprint density at radius 3 is 2.62 bits per heavy atom. The first-order valence-electron chi connectivity index (χ1n) is 11.4. The molecule has 6 rings (SSSR count). The number of anilines is 1. The topological polar surface area (TPSA) is 86.1 Å². The van der Waals surface area contributed by atoms with Crippen LogP contribution in [-0.2, 0) is 6.54 Å². The van der Waals surface area contributed by atoms with Gasteiger partial charge < -0.3 is 19.5 Å². The molecule has 2 aliphatic heterocycles. The zero-order valence-corrected chi connectivity index (χ0v) is 19.1. The molecule has 0 unspecified atom stereocenters. The third-order valence-electron chi connectivity index (χ3n) is 6.97. The summed E-state index contributed by atoms with van der Waals surface area (Å²) in [5.74, 6) is 0.802. The molecular weight excluding hydrogens is 426 g/mol. The van der Waals surface area contributed by atoms with Crippen molar-refractivity contribution < 1.29 is 5.11 Å². The van der Waals surface area contributed by atoms with Crippen molar-refractivity contribution in [2.24, 2.45) is 0 Å². The fraction of sp³-hybridized carbons (Fsp3) is 0.269. The second-order valence-corrected chi connectivity index (χ2v) is 9.27. The highest BCUT2D eigenvalue weighted by molar-refractivity contribution is 5.72. The molecule has 8 heteroatoms. The molecule has 8 nitrogen and oxygen atoms in total. The van der Waals surface area contributed by atoms with Crippen molar-refractivity contribution in [3.8, 4) is 34.4 Å². The van der Waals surface area contributed by atoms with Gasteiger partial charge in [0, 0.05) is 37.1 Å². The molecule has 2 aromatic carbocycles. The highest BCUT2D eigenvalue weighted by Crippen LogP contribution is 2.35. The van der Waals surface area contributed by atoms with Crippen molar-refractivity contribution in [1.29, 1.82) is 5.26 Å². The Hall–Kier alpha value is -3.93. The minimum absolute atomic E-state index is 0.120. The first kappa shape index (κ1) is 20.7. The molecule has 1 saturated heterocycles. The first-order chi connectivity index (χ1) is 16.5. The molecule has 0 aliphatic carbocycles. The Morgan fingerprint density at radius 1 is 1.06 bits per heavy atom. The summed E-state index contributed by atoms with van der Waals surface area (Å²) in [6, 6.07) is 18.5. The maximum Gasteiger partial charge on any atom is 0.185 e. The lowest BCUT2D eigenvalue weighted by Crippen LogP contribution is -2.38. The van der Waals surface area contributed by atoms with Crippen molar-refractivity contribution >= 4 is 5.69 Å². The van der Waals surface area contributed by atoms with Crippen molar-refractivity contribution in [3.63, 3.8) is 0 Å². The lowest BCUT2D eigenvalue weighted by atomic mass is 10.1. The lowest BCUT2D eigenvalue weighted by Gasteiger charge is -2.23. The molecule has 2 aromatic heterocycles. The van der Waals surface area contributed by atoms with E-state index in [1.54, 1.807) is 6.33 Å². The Bertz CT molecular complexity index is 1410. The van der Waals surface area contributed by atoms with E-state index in [0.717, 1.165) is 40.6 Å². The number of hydrogen-bond acceptors (Lipinski definition) is 6. The molecule has 2 aliphatic rings. The summed E-state index contributed by atoms with van der Waals surface area (Å²) in [6.45, 7) is 2.12. The first-order valence-corrected chi connectivity index (χ1v) is 11.4. The van der Waals surface area contributed by atoms with Crippen LogP contribution in [0.15, 0.2) is 61.1 Å². The van der Waals surface area contributed by atoms with Crippen LogP contribution in [0.5, 0.6) is 0 Å². The Kier molecular flexibility index (Phi) is 4.76. The van der Waals surface area contributed by atoms with Gasteiger partial charge in [0.05, 0.1) is 35.2 Å². The summed E-state index contributed by atoms with van der Waals surface area (Å²) in [5.41, 5.74) is 7.12. The summed E-state index contributed by atoms with van der Waals surface area (Å²) in [5, 5.41) is 28.3. The van der Waals surface area contributed by atoms with Crippen LogP contribution < -0.4 is 4.90 Å². The van der Waals surface area contributed by atoms with E-state index in [2.05, 4.69) is 61.1 Å². The average Bonchev–Trinajstić information content (AvgIpc) is 3.56. The number of hydrogen-bond donors (Lipinski definition) is 1.